The van der Waals surface area contributed by atoms with Gasteiger partial charge in [-0.15, -0.1) is 0 Å². The molecule has 24 heavy (non-hydrogen) atoms. The maximum absolute atomic E-state index is 5.58. The molecule has 0 heterocycles. The first-order valence-electron chi connectivity index (χ1n) is 9.15. The molecular formula is C22H30O2. The van der Waals surface area contributed by atoms with Gasteiger partial charge in [-0.1, -0.05) is 51.0 Å². The molecule has 0 aliphatic rings. The standard InChI is InChI=1S/C22H30O2/c1-5-8-17(4)22(18-9-13-20(14-10-18)23-6-2)19-11-15-21(16-12-19)24-7-3/h9-17,22H,5-8H2,1-4H3. The van der Waals surface area contributed by atoms with Gasteiger partial charge in [-0.25, -0.2) is 0 Å². The summed E-state index contributed by atoms with van der Waals surface area (Å²) in [6.07, 6.45) is 2.41. The molecule has 0 aliphatic heterocycles. The van der Waals surface area contributed by atoms with Crippen molar-refractivity contribution in [1.82, 2.24) is 0 Å². The summed E-state index contributed by atoms with van der Waals surface area (Å²) < 4.78 is 11.2. The molecule has 0 fully saturated rings. The van der Waals surface area contributed by atoms with Crippen molar-refractivity contribution in [2.75, 3.05) is 13.2 Å². The summed E-state index contributed by atoms with van der Waals surface area (Å²) in [5, 5.41) is 0. The van der Waals surface area contributed by atoms with E-state index in [9.17, 15) is 0 Å². The fourth-order valence-electron chi connectivity index (χ4n) is 3.35. The summed E-state index contributed by atoms with van der Waals surface area (Å²) in [6, 6.07) is 17.2. The van der Waals surface area contributed by atoms with E-state index in [0.717, 1.165) is 11.5 Å². The van der Waals surface area contributed by atoms with Crippen LogP contribution in [0.3, 0.4) is 0 Å². The van der Waals surface area contributed by atoms with Crippen LogP contribution in [0.5, 0.6) is 11.5 Å². The van der Waals surface area contributed by atoms with Crippen molar-refractivity contribution in [2.45, 2.75) is 46.5 Å². The van der Waals surface area contributed by atoms with E-state index in [1.807, 2.05) is 13.8 Å². The van der Waals surface area contributed by atoms with Gasteiger partial charge in [0.1, 0.15) is 11.5 Å². The predicted molar refractivity (Wildman–Crippen MR) is 101 cm³/mol. The number of hydrogen-bond donors (Lipinski definition) is 0. The fraction of sp³-hybridized carbons (Fsp3) is 0.455. The van der Waals surface area contributed by atoms with Crippen LogP contribution in [0, 0.1) is 5.92 Å². The van der Waals surface area contributed by atoms with Crippen molar-refractivity contribution in [3.05, 3.63) is 59.7 Å². The molecule has 0 saturated heterocycles. The Balaban J connectivity index is 2.29. The van der Waals surface area contributed by atoms with Crippen molar-refractivity contribution in [3.63, 3.8) is 0 Å². The number of rotatable bonds is 9. The van der Waals surface area contributed by atoms with Crippen LogP contribution in [0.2, 0.25) is 0 Å². The van der Waals surface area contributed by atoms with Crippen LogP contribution in [-0.2, 0) is 0 Å². The molecule has 2 rings (SSSR count). The second-order valence-electron chi connectivity index (χ2n) is 6.25. The van der Waals surface area contributed by atoms with Gasteiger partial charge in [0.25, 0.3) is 0 Å². The Hall–Kier alpha value is -1.96. The van der Waals surface area contributed by atoms with Gasteiger partial charge in [0.15, 0.2) is 0 Å². The predicted octanol–water partition coefficient (Wildman–Crippen LogP) is 6.05. The van der Waals surface area contributed by atoms with Gasteiger partial charge in [0, 0.05) is 5.92 Å². The average molecular weight is 326 g/mol. The topological polar surface area (TPSA) is 18.5 Å². The number of benzene rings is 2. The Morgan fingerprint density at radius 1 is 0.708 bits per heavy atom. The second-order valence-corrected chi connectivity index (χ2v) is 6.25. The van der Waals surface area contributed by atoms with Crippen LogP contribution in [0.4, 0.5) is 0 Å². The molecule has 0 aromatic heterocycles. The molecule has 2 nitrogen and oxygen atoms in total. The second kappa shape index (κ2) is 9.36. The minimum absolute atomic E-state index is 0.399. The average Bonchev–Trinajstić information content (AvgIpc) is 2.59. The molecule has 0 amide bonds. The minimum Gasteiger partial charge on any atom is -0.494 e. The lowest BCUT2D eigenvalue weighted by atomic mass is 9.79. The monoisotopic (exact) mass is 326 g/mol. The normalized spacial score (nSPS) is 12.2. The third kappa shape index (κ3) is 4.77. The van der Waals surface area contributed by atoms with Gasteiger partial charge in [-0.3, -0.25) is 0 Å². The van der Waals surface area contributed by atoms with Gasteiger partial charge in [0.2, 0.25) is 0 Å². The molecule has 2 heteroatoms. The molecule has 1 unspecified atom stereocenters. The first-order chi connectivity index (χ1) is 11.7. The molecule has 0 aliphatic carbocycles. The molecule has 0 spiro atoms. The summed E-state index contributed by atoms with van der Waals surface area (Å²) in [5.41, 5.74) is 2.70. The summed E-state index contributed by atoms with van der Waals surface area (Å²) in [4.78, 5) is 0. The molecule has 1 atom stereocenters. The lowest BCUT2D eigenvalue weighted by molar-refractivity contribution is 0.340. The molecular weight excluding hydrogens is 296 g/mol. The Bertz CT molecular complexity index is 537. The zero-order chi connectivity index (χ0) is 17.4. The van der Waals surface area contributed by atoms with Crippen molar-refractivity contribution in [1.29, 1.82) is 0 Å². The van der Waals surface area contributed by atoms with Crippen LogP contribution in [-0.4, -0.2) is 13.2 Å². The van der Waals surface area contributed by atoms with Gasteiger partial charge < -0.3 is 9.47 Å². The molecule has 2 aromatic rings. The van der Waals surface area contributed by atoms with Crippen LogP contribution in [0.1, 0.15) is 57.6 Å². The van der Waals surface area contributed by atoms with E-state index >= 15 is 0 Å². The third-order valence-corrected chi connectivity index (χ3v) is 4.41. The first kappa shape index (κ1) is 18.4. The SMILES string of the molecule is CCCC(C)C(c1ccc(OCC)cc1)c1ccc(OCC)cc1. The van der Waals surface area contributed by atoms with Gasteiger partial charge >= 0.3 is 0 Å². The smallest absolute Gasteiger partial charge is 0.119 e. The third-order valence-electron chi connectivity index (χ3n) is 4.41. The summed E-state index contributed by atoms with van der Waals surface area (Å²) >= 11 is 0. The van der Waals surface area contributed by atoms with E-state index in [1.165, 1.54) is 24.0 Å². The quantitative estimate of drug-likeness (QED) is 0.558. The van der Waals surface area contributed by atoms with E-state index in [0.29, 0.717) is 25.0 Å². The molecule has 2 aromatic carbocycles. The van der Waals surface area contributed by atoms with Crippen LogP contribution in [0.25, 0.3) is 0 Å². The maximum atomic E-state index is 5.58. The molecule has 130 valence electrons. The lowest BCUT2D eigenvalue weighted by Gasteiger charge is -2.25. The molecule has 0 radical (unpaired) electrons. The van der Waals surface area contributed by atoms with Crippen molar-refractivity contribution in [2.24, 2.45) is 5.92 Å². The zero-order valence-electron chi connectivity index (χ0n) is 15.4. The highest BCUT2D eigenvalue weighted by Gasteiger charge is 2.21. The molecule has 0 saturated carbocycles. The zero-order valence-corrected chi connectivity index (χ0v) is 15.4. The van der Waals surface area contributed by atoms with E-state index in [2.05, 4.69) is 62.4 Å². The van der Waals surface area contributed by atoms with E-state index in [-0.39, 0.29) is 0 Å². The lowest BCUT2D eigenvalue weighted by Crippen LogP contribution is -2.11. The van der Waals surface area contributed by atoms with Gasteiger partial charge in [-0.2, -0.15) is 0 Å². The van der Waals surface area contributed by atoms with Crippen molar-refractivity contribution in [3.8, 4) is 11.5 Å². The van der Waals surface area contributed by atoms with Gasteiger partial charge in [-0.05, 0) is 55.2 Å². The van der Waals surface area contributed by atoms with E-state index in [4.69, 9.17) is 9.47 Å². The highest BCUT2D eigenvalue weighted by molar-refractivity contribution is 5.38. The Kier molecular flexibility index (Phi) is 7.17. The fourth-order valence-corrected chi connectivity index (χ4v) is 3.35. The van der Waals surface area contributed by atoms with Crippen LogP contribution in [0.15, 0.2) is 48.5 Å². The van der Waals surface area contributed by atoms with E-state index < -0.39 is 0 Å². The maximum Gasteiger partial charge on any atom is 0.119 e. The van der Waals surface area contributed by atoms with Crippen LogP contribution < -0.4 is 9.47 Å². The molecule has 0 bridgehead atoms. The highest BCUT2D eigenvalue weighted by Crippen LogP contribution is 2.36. The van der Waals surface area contributed by atoms with Crippen LogP contribution >= 0.6 is 0 Å². The Labute approximate surface area is 146 Å². The Morgan fingerprint density at radius 2 is 1.12 bits per heavy atom. The first-order valence-corrected chi connectivity index (χ1v) is 9.15. The Morgan fingerprint density at radius 3 is 1.46 bits per heavy atom. The summed E-state index contributed by atoms with van der Waals surface area (Å²) in [6.45, 7) is 10.0. The number of ether oxygens (including phenoxy) is 2. The number of hydrogen-bond acceptors (Lipinski definition) is 2. The summed E-state index contributed by atoms with van der Waals surface area (Å²) in [7, 11) is 0. The van der Waals surface area contributed by atoms with Gasteiger partial charge in [0.05, 0.1) is 13.2 Å². The highest BCUT2D eigenvalue weighted by atomic mass is 16.5. The molecule has 0 N–H and O–H groups in total. The van der Waals surface area contributed by atoms with Crippen molar-refractivity contribution < 1.29 is 9.47 Å². The minimum atomic E-state index is 0.399. The summed E-state index contributed by atoms with van der Waals surface area (Å²) in [5.74, 6) is 2.87. The van der Waals surface area contributed by atoms with E-state index in [1.54, 1.807) is 0 Å². The largest absolute Gasteiger partial charge is 0.494 e. The van der Waals surface area contributed by atoms with Crippen molar-refractivity contribution >= 4 is 0 Å².